The van der Waals surface area contributed by atoms with Crippen LogP contribution in [0.4, 0.5) is 0 Å². The Bertz CT molecular complexity index is 1450. The smallest absolute Gasteiger partial charge is 0.279 e. The zero-order chi connectivity index (χ0) is 24.5. The lowest BCUT2D eigenvalue weighted by Crippen LogP contribution is -2.34. The van der Waals surface area contributed by atoms with E-state index in [2.05, 4.69) is 10.9 Å². The van der Waals surface area contributed by atoms with Crippen molar-refractivity contribution in [2.45, 2.75) is 30.4 Å². The van der Waals surface area contributed by atoms with Gasteiger partial charge in [-0.1, -0.05) is 40.5 Å². The van der Waals surface area contributed by atoms with Crippen molar-refractivity contribution in [1.82, 2.24) is 8.87 Å². The number of carbonyl (C=O) groups excluding carboxylic acids is 1. The van der Waals surface area contributed by atoms with E-state index in [1.165, 1.54) is 47.0 Å². The molecule has 1 fully saturated rings. The van der Waals surface area contributed by atoms with E-state index in [1.54, 1.807) is 16.7 Å². The molecule has 0 saturated carbocycles. The van der Waals surface area contributed by atoms with Gasteiger partial charge >= 0.3 is 0 Å². The SMILES string of the molecule is C#CCn1c(=NC(=O)c2ccc(S(=O)(=O)N(C)CC3CCCO3)cc2)sc2ccc(Cl)c(Cl)c21. The Kier molecular flexibility index (Phi) is 7.48. The molecule has 7 nitrogen and oxygen atoms in total. The molecular weight excluding hydrogens is 517 g/mol. The first-order chi connectivity index (χ1) is 16.2. The van der Waals surface area contributed by atoms with Gasteiger partial charge in [0.2, 0.25) is 10.0 Å². The van der Waals surface area contributed by atoms with E-state index in [0.29, 0.717) is 27.0 Å². The van der Waals surface area contributed by atoms with Crippen LogP contribution in [0.5, 0.6) is 0 Å². The third-order valence-electron chi connectivity index (χ3n) is 5.47. The fraction of sp³-hybridized carbons (Fsp3) is 0.304. The topological polar surface area (TPSA) is 81.0 Å². The fourth-order valence-corrected chi connectivity index (χ4v) is 6.41. The van der Waals surface area contributed by atoms with Crippen LogP contribution in [0, 0.1) is 12.3 Å². The van der Waals surface area contributed by atoms with Gasteiger partial charge in [-0.15, -0.1) is 6.42 Å². The van der Waals surface area contributed by atoms with Gasteiger partial charge in [-0.3, -0.25) is 4.79 Å². The van der Waals surface area contributed by atoms with Crippen molar-refractivity contribution in [2.75, 3.05) is 20.2 Å². The molecule has 1 atom stereocenters. The number of hydrogen-bond donors (Lipinski definition) is 0. The summed E-state index contributed by atoms with van der Waals surface area (Å²) in [7, 11) is -2.19. The van der Waals surface area contributed by atoms with Gasteiger partial charge in [0.05, 0.1) is 37.8 Å². The summed E-state index contributed by atoms with van der Waals surface area (Å²) in [5.74, 6) is 2.01. The first-order valence-corrected chi connectivity index (χ1v) is 13.4. The Labute approximate surface area is 211 Å². The highest BCUT2D eigenvalue weighted by molar-refractivity contribution is 7.89. The zero-order valence-corrected chi connectivity index (χ0v) is 21.3. The van der Waals surface area contributed by atoms with Gasteiger partial charge in [0.25, 0.3) is 5.91 Å². The Morgan fingerprint density at radius 2 is 2.03 bits per heavy atom. The van der Waals surface area contributed by atoms with Crippen LogP contribution < -0.4 is 4.80 Å². The number of aromatic nitrogens is 1. The molecule has 1 aliphatic heterocycles. The summed E-state index contributed by atoms with van der Waals surface area (Å²) in [5.41, 5.74) is 0.856. The fourth-order valence-electron chi connectivity index (χ4n) is 3.70. The number of thiazole rings is 1. The summed E-state index contributed by atoms with van der Waals surface area (Å²) in [6, 6.07) is 9.16. The van der Waals surface area contributed by atoms with Crippen LogP contribution in [-0.4, -0.2) is 49.5 Å². The molecule has 0 aliphatic carbocycles. The van der Waals surface area contributed by atoms with Gasteiger partial charge in [-0.05, 0) is 49.2 Å². The average Bonchev–Trinajstić information content (AvgIpc) is 3.45. The lowest BCUT2D eigenvalue weighted by Gasteiger charge is -2.20. The summed E-state index contributed by atoms with van der Waals surface area (Å²) in [6.45, 7) is 1.09. The highest BCUT2D eigenvalue weighted by Gasteiger charge is 2.26. The molecule has 4 rings (SSSR count). The lowest BCUT2D eigenvalue weighted by molar-refractivity contribution is 0.0979. The third kappa shape index (κ3) is 4.93. The van der Waals surface area contributed by atoms with Crippen molar-refractivity contribution in [2.24, 2.45) is 4.99 Å². The Morgan fingerprint density at radius 3 is 2.68 bits per heavy atom. The van der Waals surface area contributed by atoms with E-state index in [1.807, 2.05) is 0 Å². The molecule has 1 aromatic heterocycles. The van der Waals surface area contributed by atoms with Gasteiger partial charge in [-0.25, -0.2) is 8.42 Å². The maximum Gasteiger partial charge on any atom is 0.279 e. The maximum absolute atomic E-state index is 12.9. The van der Waals surface area contributed by atoms with E-state index < -0.39 is 15.9 Å². The quantitative estimate of drug-likeness (QED) is 0.441. The van der Waals surface area contributed by atoms with E-state index >= 15 is 0 Å². The molecule has 2 aromatic carbocycles. The van der Waals surface area contributed by atoms with Gasteiger partial charge in [-0.2, -0.15) is 9.30 Å². The molecule has 0 N–H and O–H groups in total. The Morgan fingerprint density at radius 1 is 1.29 bits per heavy atom. The second kappa shape index (κ2) is 10.2. The number of amides is 1. The minimum atomic E-state index is -3.71. The summed E-state index contributed by atoms with van der Waals surface area (Å²) < 4.78 is 35.0. The highest BCUT2D eigenvalue weighted by Crippen LogP contribution is 2.32. The number of benzene rings is 2. The van der Waals surface area contributed by atoms with Crippen LogP contribution in [0.25, 0.3) is 10.2 Å². The van der Waals surface area contributed by atoms with Crippen molar-refractivity contribution in [3.05, 3.63) is 56.8 Å². The molecular formula is C23H21Cl2N3O4S2. The highest BCUT2D eigenvalue weighted by atomic mass is 35.5. The third-order valence-corrected chi connectivity index (χ3v) is 9.15. The van der Waals surface area contributed by atoms with E-state index in [4.69, 9.17) is 34.4 Å². The summed E-state index contributed by atoms with van der Waals surface area (Å²) >= 11 is 13.8. The Balaban J connectivity index is 1.62. The number of ether oxygens (including phenoxy) is 1. The molecule has 0 radical (unpaired) electrons. The van der Waals surface area contributed by atoms with Crippen LogP contribution in [-0.2, 0) is 21.3 Å². The lowest BCUT2D eigenvalue weighted by atomic mass is 10.2. The molecule has 3 aromatic rings. The number of likely N-dealkylation sites (N-methyl/N-ethyl adjacent to an activating group) is 1. The molecule has 1 unspecified atom stereocenters. The Hall–Kier alpha value is -2.19. The van der Waals surface area contributed by atoms with Gasteiger partial charge in [0.1, 0.15) is 0 Å². The summed E-state index contributed by atoms with van der Waals surface area (Å²) in [4.78, 5) is 17.5. The molecule has 0 bridgehead atoms. The van der Waals surface area contributed by atoms with Crippen LogP contribution >= 0.6 is 34.5 Å². The normalized spacial score (nSPS) is 16.9. The van der Waals surface area contributed by atoms with Gasteiger partial charge in [0.15, 0.2) is 4.80 Å². The largest absolute Gasteiger partial charge is 0.377 e. The first-order valence-electron chi connectivity index (χ1n) is 10.4. The second-order valence-corrected chi connectivity index (χ2v) is 11.6. The van der Waals surface area contributed by atoms with E-state index in [0.717, 1.165) is 17.5 Å². The standard InChI is InChI=1S/C23H21Cl2N3O4S2/c1-3-12-28-21-19(11-10-18(24)20(21)25)33-23(28)26-22(29)15-6-8-17(9-7-15)34(30,31)27(2)14-16-5-4-13-32-16/h1,6-11,16H,4-5,12-14H2,2H3. The molecule has 2 heterocycles. The predicted octanol–water partition coefficient (Wildman–Crippen LogP) is 4.18. The number of rotatable bonds is 6. The van der Waals surface area contributed by atoms with Gasteiger partial charge < -0.3 is 9.30 Å². The van der Waals surface area contributed by atoms with E-state index in [-0.39, 0.29) is 29.7 Å². The number of hydrogen-bond acceptors (Lipinski definition) is 5. The molecule has 1 saturated heterocycles. The predicted molar refractivity (Wildman–Crippen MR) is 134 cm³/mol. The number of carbonyl (C=O) groups is 1. The van der Waals surface area contributed by atoms with E-state index in [9.17, 15) is 13.2 Å². The number of sulfonamides is 1. The van der Waals surface area contributed by atoms with Crippen LogP contribution in [0.15, 0.2) is 46.3 Å². The minimum absolute atomic E-state index is 0.0928. The zero-order valence-electron chi connectivity index (χ0n) is 18.2. The number of fused-ring (bicyclic) bond motifs is 1. The molecule has 1 amide bonds. The number of halogens is 2. The average molecular weight is 538 g/mol. The van der Waals surface area contributed by atoms with Crippen LogP contribution in [0.3, 0.4) is 0 Å². The molecule has 1 aliphatic rings. The van der Waals surface area contributed by atoms with Crippen LogP contribution in [0.2, 0.25) is 10.0 Å². The minimum Gasteiger partial charge on any atom is -0.377 e. The first kappa shape index (κ1) is 24.9. The number of terminal acetylenes is 1. The van der Waals surface area contributed by atoms with Gasteiger partial charge in [0, 0.05) is 25.8 Å². The molecule has 178 valence electrons. The molecule has 34 heavy (non-hydrogen) atoms. The second-order valence-electron chi connectivity index (χ2n) is 7.74. The monoisotopic (exact) mass is 537 g/mol. The maximum atomic E-state index is 12.9. The molecule has 11 heteroatoms. The summed E-state index contributed by atoms with van der Waals surface area (Å²) in [5, 5.41) is 0.707. The molecule has 0 spiro atoms. The number of nitrogens with zero attached hydrogens (tertiary/aromatic N) is 3. The van der Waals surface area contributed by atoms with Crippen molar-refractivity contribution >= 4 is 60.7 Å². The van der Waals surface area contributed by atoms with Crippen molar-refractivity contribution < 1.29 is 17.9 Å². The van der Waals surface area contributed by atoms with Crippen molar-refractivity contribution in [1.29, 1.82) is 0 Å². The van der Waals surface area contributed by atoms with Crippen molar-refractivity contribution in [3.63, 3.8) is 0 Å². The summed E-state index contributed by atoms with van der Waals surface area (Å²) in [6.07, 6.45) is 7.17. The van der Waals surface area contributed by atoms with Crippen molar-refractivity contribution in [3.8, 4) is 12.3 Å². The van der Waals surface area contributed by atoms with Crippen LogP contribution in [0.1, 0.15) is 23.2 Å².